The number of oxazole rings is 1. The summed E-state index contributed by atoms with van der Waals surface area (Å²) in [5.74, 6) is -0.996. The molecular formula is C12H12N6O5S. The van der Waals surface area contributed by atoms with Crippen LogP contribution in [-0.2, 0) is 21.4 Å². The van der Waals surface area contributed by atoms with Crippen LogP contribution in [0.5, 0.6) is 0 Å². The van der Waals surface area contributed by atoms with Crippen molar-refractivity contribution in [2.45, 2.75) is 6.54 Å². The highest BCUT2D eigenvalue weighted by molar-refractivity contribution is 7.92. The van der Waals surface area contributed by atoms with Gasteiger partial charge in [-0.1, -0.05) is 0 Å². The van der Waals surface area contributed by atoms with E-state index in [1.54, 1.807) is 18.2 Å². The Morgan fingerprint density at radius 3 is 2.96 bits per heavy atom. The van der Waals surface area contributed by atoms with E-state index >= 15 is 0 Å². The van der Waals surface area contributed by atoms with Crippen molar-refractivity contribution < 1.29 is 17.6 Å². The highest BCUT2D eigenvalue weighted by Crippen LogP contribution is 2.16. The molecule has 3 aromatic rings. The minimum atomic E-state index is -3.46. The molecule has 1 amide bonds. The van der Waals surface area contributed by atoms with Crippen molar-refractivity contribution in [3.63, 3.8) is 0 Å². The minimum absolute atomic E-state index is 0.0164. The summed E-state index contributed by atoms with van der Waals surface area (Å²) in [6.07, 6.45) is 2.17. The van der Waals surface area contributed by atoms with E-state index in [2.05, 4.69) is 25.2 Å². The van der Waals surface area contributed by atoms with Crippen molar-refractivity contribution in [1.29, 1.82) is 0 Å². The molecule has 0 unspecified atom stereocenters. The molecule has 3 N–H and O–H groups in total. The molecule has 11 nitrogen and oxygen atoms in total. The van der Waals surface area contributed by atoms with Crippen molar-refractivity contribution in [1.82, 2.24) is 20.0 Å². The van der Waals surface area contributed by atoms with E-state index in [1.165, 1.54) is 6.20 Å². The molecule has 24 heavy (non-hydrogen) atoms. The number of rotatable bonds is 5. The summed E-state index contributed by atoms with van der Waals surface area (Å²) in [5.41, 5.74) is 1.28. The molecule has 3 rings (SSSR count). The Balaban J connectivity index is 1.67. The summed E-state index contributed by atoms with van der Waals surface area (Å²) in [7, 11) is -3.46. The number of fused-ring (bicyclic) bond motifs is 1. The molecule has 0 bridgehead atoms. The summed E-state index contributed by atoms with van der Waals surface area (Å²) in [6.45, 7) is -0.217. The topological polar surface area (TPSA) is 152 Å². The number of aromatic amines is 1. The monoisotopic (exact) mass is 352 g/mol. The quantitative estimate of drug-likeness (QED) is 0.571. The van der Waals surface area contributed by atoms with Gasteiger partial charge in [-0.3, -0.25) is 14.5 Å². The average molecular weight is 352 g/mol. The van der Waals surface area contributed by atoms with Gasteiger partial charge in [-0.25, -0.2) is 13.2 Å². The van der Waals surface area contributed by atoms with Gasteiger partial charge in [0.1, 0.15) is 6.54 Å². The van der Waals surface area contributed by atoms with Crippen LogP contribution < -0.4 is 15.8 Å². The first-order valence-electron chi connectivity index (χ1n) is 6.59. The first-order chi connectivity index (χ1) is 11.3. The van der Waals surface area contributed by atoms with E-state index in [-0.39, 0.29) is 12.4 Å². The number of anilines is 2. The number of aromatic nitrogens is 4. The smallest absolute Gasteiger partial charge is 0.408 e. The number of benzene rings is 1. The highest BCUT2D eigenvalue weighted by Gasteiger charge is 2.10. The van der Waals surface area contributed by atoms with E-state index in [0.29, 0.717) is 16.8 Å². The van der Waals surface area contributed by atoms with E-state index in [4.69, 9.17) is 4.42 Å². The minimum Gasteiger partial charge on any atom is -0.408 e. The van der Waals surface area contributed by atoms with E-state index < -0.39 is 21.7 Å². The summed E-state index contributed by atoms with van der Waals surface area (Å²) in [5, 5.41) is 10.2. The third kappa shape index (κ3) is 3.78. The molecule has 0 aliphatic carbocycles. The number of H-pyrrole nitrogens is 1. The van der Waals surface area contributed by atoms with Crippen LogP contribution in [0.3, 0.4) is 0 Å². The molecule has 0 saturated carbocycles. The molecule has 0 radical (unpaired) electrons. The maximum Gasteiger partial charge on any atom is 0.417 e. The fourth-order valence-electron chi connectivity index (χ4n) is 1.97. The van der Waals surface area contributed by atoms with Crippen LogP contribution in [0.15, 0.2) is 33.6 Å². The Kier molecular flexibility index (Phi) is 3.81. The molecule has 126 valence electrons. The summed E-state index contributed by atoms with van der Waals surface area (Å²) in [4.78, 5) is 26.6. The van der Waals surface area contributed by atoms with Crippen LogP contribution in [0.25, 0.3) is 11.1 Å². The van der Waals surface area contributed by atoms with Gasteiger partial charge in [0.15, 0.2) is 11.4 Å². The number of sulfonamides is 1. The molecule has 0 atom stereocenters. The van der Waals surface area contributed by atoms with E-state index in [9.17, 15) is 18.0 Å². The van der Waals surface area contributed by atoms with Crippen molar-refractivity contribution in [3.8, 4) is 0 Å². The average Bonchev–Trinajstić information content (AvgIpc) is 3.01. The van der Waals surface area contributed by atoms with E-state index in [0.717, 1.165) is 11.1 Å². The van der Waals surface area contributed by atoms with Gasteiger partial charge in [0.25, 0.3) is 0 Å². The molecule has 0 aliphatic rings. The Hall–Kier alpha value is -3.15. The highest BCUT2D eigenvalue weighted by atomic mass is 32.2. The van der Waals surface area contributed by atoms with Gasteiger partial charge < -0.3 is 9.73 Å². The Morgan fingerprint density at radius 2 is 2.21 bits per heavy atom. The van der Waals surface area contributed by atoms with Crippen LogP contribution in [0.1, 0.15) is 0 Å². The molecule has 1 aromatic carbocycles. The lowest BCUT2D eigenvalue weighted by Gasteiger charge is -2.04. The van der Waals surface area contributed by atoms with Crippen LogP contribution in [0, 0.1) is 0 Å². The third-order valence-electron chi connectivity index (χ3n) is 2.81. The van der Waals surface area contributed by atoms with Gasteiger partial charge in [-0.05, 0) is 18.2 Å². The van der Waals surface area contributed by atoms with Crippen molar-refractivity contribution in [2.24, 2.45) is 0 Å². The first-order valence-corrected chi connectivity index (χ1v) is 8.48. The van der Waals surface area contributed by atoms with Gasteiger partial charge in [-0.2, -0.15) is 9.90 Å². The van der Waals surface area contributed by atoms with Crippen LogP contribution in [0.2, 0.25) is 0 Å². The second kappa shape index (κ2) is 5.81. The van der Waals surface area contributed by atoms with Gasteiger partial charge in [0, 0.05) is 5.69 Å². The number of hydrogen-bond acceptors (Lipinski definition) is 7. The van der Waals surface area contributed by atoms with Crippen LogP contribution in [-0.4, -0.2) is 40.6 Å². The number of amides is 1. The molecule has 0 saturated heterocycles. The fraction of sp³-hybridized carbons (Fsp3) is 0.167. The van der Waals surface area contributed by atoms with E-state index in [1.807, 2.05) is 0 Å². The lowest BCUT2D eigenvalue weighted by molar-refractivity contribution is -0.117. The maximum atomic E-state index is 12.0. The van der Waals surface area contributed by atoms with Crippen molar-refractivity contribution in [2.75, 3.05) is 16.3 Å². The molecule has 2 heterocycles. The van der Waals surface area contributed by atoms with Crippen molar-refractivity contribution in [3.05, 3.63) is 34.9 Å². The molecule has 2 aromatic heterocycles. The molecule has 0 spiro atoms. The number of carbonyl (C=O) groups excluding carboxylic acids is 1. The SMILES string of the molecule is CS(=O)(=O)Nc1cnn(CC(=O)Nc2ccc3oc(=O)[nH]c3c2)n1. The summed E-state index contributed by atoms with van der Waals surface area (Å²) in [6, 6.07) is 4.67. The Labute approximate surface area is 134 Å². The largest absolute Gasteiger partial charge is 0.417 e. The molecule has 0 aliphatic heterocycles. The normalized spacial score (nSPS) is 11.5. The van der Waals surface area contributed by atoms with Gasteiger partial charge in [-0.15, -0.1) is 5.10 Å². The summed E-state index contributed by atoms with van der Waals surface area (Å²) < 4.78 is 29.2. The Morgan fingerprint density at radius 1 is 1.42 bits per heavy atom. The number of nitrogens with one attached hydrogen (secondary N) is 3. The van der Waals surface area contributed by atoms with Crippen molar-refractivity contribution >= 4 is 38.5 Å². The van der Waals surface area contributed by atoms with Crippen LogP contribution in [0.4, 0.5) is 11.5 Å². The predicted octanol–water partition coefficient (Wildman–Crippen LogP) is -0.277. The third-order valence-corrected chi connectivity index (χ3v) is 3.39. The maximum absolute atomic E-state index is 12.0. The predicted molar refractivity (Wildman–Crippen MR) is 84.0 cm³/mol. The number of nitrogens with zero attached hydrogens (tertiary/aromatic N) is 3. The zero-order valence-electron chi connectivity index (χ0n) is 12.3. The Bertz CT molecular complexity index is 1060. The van der Waals surface area contributed by atoms with Gasteiger partial charge in [0.2, 0.25) is 15.9 Å². The first kappa shape index (κ1) is 15.7. The lowest BCUT2D eigenvalue weighted by atomic mass is 10.3. The van der Waals surface area contributed by atoms with Crippen LogP contribution >= 0.6 is 0 Å². The zero-order chi connectivity index (χ0) is 17.3. The lowest BCUT2D eigenvalue weighted by Crippen LogP contribution is -2.20. The number of hydrogen-bond donors (Lipinski definition) is 3. The fourth-order valence-corrected chi connectivity index (χ4v) is 2.44. The standard InChI is InChI=1S/C12H12N6O5S/c1-24(21,22)17-10-5-13-18(16-10)6-11(19)14-7-2-3-9-8(4-7)15-12(20)23-9/h2-5H,6H2,1H3,(H,14,19)(H,15,20)(H,16,17). The summed E-state index contributed by atoms with van der Waals surface area (Å²) >= 11 is 0. The molecule has 12 heteroatoms. The van der Waals surface area contributed by atoms with Gasteiger partial charge in [0.05, 0.1) is 18.0 Å². The second-order valence-corrected chi connectivity index (χ2v) is 6.66. The number of carbonyl (C=O) groups is 1. The zero-order valence-corrected chi connectivity index (χ0v) is 13.1. The van der Waals surface area contributed by atoms with Gasteiger partial charge >= 0.3 is 5.76 Å². The molecule has 0 fully saturated rings. The molecular weight excluding hydrogens is 340 g/mol. The second-order valence-electron chi connectivity index (χ2n) is 4.91.